The first-order valence-electron chi connectivity index (χ1n) is 7.99. The minimum absolute atomic E-state index is 0.195. The molecule has 114 valence electrons. The molecule has 0 aliphatic carbocycles. The van der Waals surface area contributed by atoms with Crippen LogP contribution in [0.2, 0.25) is 24.7 Å². The Morgan fingerprint density at radius 3 is 2.21 bits per heavy atom. The lowest BCUT2D eigenvalue weighted by atomic mass is 10.0. The molecule has 0 aromatic rings. The van der Waals surface area contributed by atoms with Crippen molar-refractivity contribution in [1.29, 1.82) is 0 Å². The van der Waals surface area contributed by atoms with E-state index in [4.69, 9.17) is 0 Å². The standard InChI is InChI=1S/C16H35NOSi/c1-8-13-19(6,7)14(3)11-10-12-16(9-2)17(5)15(4)18/h14,16H,8-13H2,1-7H3. The number of amides is 1. The van der Waals surface area contributed by atoms with Gasteiger partial charge in [-0.25, -0.2) is 0 Å². The second-order valence-corrected chi connectivity index (χ2v) is 12.2. The average molecular weight is 286 g/mol. The minimum atomic E-state index is -1.02. The quantitative estimate of drug-likeness (QED) is 0.550. The van der Waals surface area contributed by atoms with Crippen LogP contribution in [0.3, 0.4) is 0 Å². The van der Waals surface area contributed by atoms with E-state index in [0.29, 0.717) is 6.04 Å². The van der Waals surface area contributed by atoms with Crippen molar-refractivity contribution in [3.05, 3.63) is 0 Å². The van der Waals surface area contributed by atoms with E-state index in [1.807, 2.05) is 11.9 Å². The maximum absolute atomic E-state index is 11.4. The lowest BCUT2D eigenvalue weighted by molar-refractivity contribution is -0.129. The number of nitrogens with zero attached hydrogens (tertiary/aromatic N) is 1. The molecule has 0 aromatic carbocycles. The van der Waals surface area contributed by atoms with Crippen LogP contribution in [-0.2, 0) is 4.79 Å². The maximum Gasteiger partial charge on any atom is 0.219 e. The van der Waals surface area contributed by atoms with Gasteiger partial charge >= 0.3 is 0 Å². The predicted molar refractivity (Wildman–Crippen MR) is 88.4 cm³/mol. The molecule has 2 atom stereocenters. The maximum atomic E-state index is 11.4. The Morgan fingerprint density at radius 1 is 1.21 bits per heavy atom. The Labute approximate surface area is 122 Å². The molecule has 0 aromatic heterocycles. The first-order chi connectivity index (χ1) is 8.76. The Balaban J connectivity index is 4.16. The van der Waals surface area contributed by atoms with Gasteiger partial charge in [0.05, 0.1) is 8.07 Å². The second-order valence-electron chi connectivity index (χ2n) is 6.76. The van der Waals surface area contributed by atoms with Crippen LogP contribution < -0.4 is 0 Å². The van der Waals surface area contributed by atoms with Crippen LogP contribution in [0, 0.1) is 0 Å². The van der Waals surface area contributed by atoms with E-state index in [-0.39, 0.29) is 5.91 Å². The summed E-state index contributed by atoms with van der Waals surface area (Å²) in [6.45, 7) is 13.7. The summed E-state index contributed by atoms with van der Waals surface area (Å²) in [7, 11) is 0.922. The van der Waals surface area contributed by atoms with Gasteiger partial charge in [-0.3, -0.25) is 4.79 Å². The lowest BCUT2D eigenvalue weighted by Gasteiger charge is -2.31. The molecule has 0 bridgehead atoms. The van der Waals surface area contributed by atoms with Gasteiger partial charge in [-0.2, -0.15) is 0 Å². The molecule has 19 heavy (non-hydrogen) atoms. The zero-order chi connectivity index (χ0) is 15.1. The number of rotatable bonds is 9. The summed E-state index contributed by atoms with van der Waals surface area (Å²) in [5.41, 5.74) is 0.896. The Hall–Kier alpha value is -0.313. The normalized spacial score (nSPS) is 15.1. The smallest absolute Gasteiger partial charge is 0.219 e. The van der Waals surface area contributed by atoms with Crippen LogP contribution in [0.15, 0.2) is 0 Å². The van der Waals surface area contributed by atoms with Crippen LogP contribution in [0.1, 0.15) is 59.8 Å². The fourth-order valence-electron chi connectivity index (χ4n) is 2.87. The van der Waals surface area contributed by atoms with Gasteiger partial charge in [-0.05, 0) is 18.4 Å². The van der Waals surface area contributed by atoms with E-state index in [9.17, 15) is 4.79 Å². The van der Waals surface area contributed by atoms with Gasteiger partial charge in [0.25, 0.3) is 0 Å². The van der Waals surface area contributed by atoms with Gasteiger partial charge < -0.3 is 4.90 Å². The third-order valence-corrected chi connectivity index (χ3v) is 9.66. The van der Waals surface area contributed by atoms with Gasteiger partial charge in [-0.15, -0.1) is 0 Å². The van der Waals surface area contributed by atoms with Gasteiger partial charge in [0, 0.05) is 20.0 Å². The molecule has 0 aliphatic rings. The molecular formula is C16H35NOSi. The van der Waals surface area contributed by atoms with Crippen LogP contribution in [0.5, 0.6) is 0 Å². The fraction of sp³-hybridized carbons (Fsp3) is 0.938. The highest BCUT2D eigenvalue weighted by molar-refractivity contribution is 6.78. The molecule has 0 aliphatic heterocycles. The highest BCUT2D eigenvalue weighted by atomic mass is 28.3. The second kappa shape index (κ2) is 8.78. The topological polar surface area (TPSA) is 20.3 Å². The van der Waals surface area contributed by atoms with E-state index in [1.54, 1.807) is 6.92 Å². The summed E-state index contributed by atoms with van der Waals surface area (Å²) >= 11 is 0. The van der Waals surface area contributed by atoms with Crippen LogP contribution in [-0.4, -0.2) is 32.0 Å². The summed E-state index contributed by atoms with van der Waals surface area (Å²) in [5.74, 6) is 0.195. The molecule has 0 rings (SSSR count). The van der Waals surface area contributed by atoms with E-state index in [0.717, 1.165) is 18.4 Å². The lowest BCUT2D eigenvalue weighted by Crippen LogP contribution is -2.35. The fourth-order valence-corrected chi connectivity index (χ4v) is 5.64. The van der Waals surface area contributed by atoms with Crippen molar-refractivity contribution in [3.8, 4) is 0 Å². The molecule has 0 spiro atoms. The molecular weight excluding hydrogens is 250 g/mol. The molecule has 2 unspecified atom stereocenters. The molecule has 0 radical (unpaired) electrons. The first-order valence-corrected chi connectivity index (χ1v) is 11.3. The number of hydrogen-bond donors (Lipinski definition) is 0. The molecule has 2 nitrogen and oxygen atoms in total. The predicted octanol–water partition coefficient (Wildman–Crippen LogP) is 4.92. The van der Waals surface area contributed by atoms with Gasteiger partial charge in [-0.1, -0.05) is 59.2 Å². The monoisotopic (exact) mass is 285 g/mol. The number of carbonyl (C=O) groups excluding carboxylic acids is 1. The zero-order valence-electron chi connectivity index (χ0n) is 14.3. The number of hydrogen-bond acceptors (Lipinski definition) is 1. The minimum Gasteiger partial charge on any atom is -0.343 e. The van der Waals surface area contributed by atoms with Crippen molar-refractivity contribution in [2.45, 2.75) is 90.5 Å². The molecule has 0 fully saturated rings. The van der Waals surface area contributed by atoms with E-state index in [1.165, 1.54) is 25.3 Å². The third-order valence-electron chi connectivity index (χ3n) is 4.92. The highest BCUT2D eigenvalue weighted by Gasteiger charge is 2.27. The van der Waals surface area contributed by atoms with Gasteiger partial charge in [0.1, 0.15) is 0 Å². The van der Waals surface area contributed by atoms with Gasteiger partial charge in [0.2, 0.25) is 5.91 Å². The van der Waals surface area contributed by atoms with E-state index >= 15 is 0 Å². The van der Waals surface area contributed by atoms with Crippen LogP contribution >= 0.6 is 0 Å². The van der Waals surface area contributed by atoms with Crippen LogP contribution in [0.25, 0.3) is 0 Å². The van der Waals surface area contributed by atoms with Crippen molar-refractivity contribution in [2.24, 2.45) is 0 Å². The summed E-state index contributed by atoms with van der Waals surface area (Å²) in [5, 5.41) is 0. The van der Waals surface area contributed by atoms with Gasteiger partial charge in [0.15, 0.2) is 0 Å². The summed E-state index contributed by atoms with van der Waals surface area (Å²) in [6, 6.07) is 1.87. The van der Waals surface area contributed by atoms with E-state index in [2.05, 4.69) is 33.9 Å². The molecule has 0 saturated carbocycles. The summed E-state index contributed by atoms with van der Waals surface area (Å²) < 4.78 is 0. The van der Waals surface area contributed by atoms with Crippen molar-refractivity contribution in [1.82, 2.24) is 4.90 Å². The molecule has 1 amide bonds. The summed E-state index contributed by atoms with van der Waals surface area (Å²) in [4.78, 5) is 13.3. The van der Waals surface area contributed by atoms with Crippen molar-refractivity contribution < 1.29 is 4.79 Å². The molecule has 0 N–H and O–H groups in total. The van der Waals surface area contributed by atoms with Crippen molar-refractivity contribution >= 4 is 14.0 Å². The molecule has 3 heteroatoms. The van der Waals surface area contributed by atoms with E-state index < -0.39 is 8.07 Å². The molecule has 0 saturated heterocycles. The highest BCUT2D eigenvalue weighted by Crippen LogP contribution is 2.31. The Morgan fingerprint density at radius 2 is 1.79 bits per heavy atom. The first kappa shape index (κ1) is 18.7. The molecule has 0 heterocycles. The average Bonchev–Trinajstić information content (AvgIpc) is 2.33. The Bertz CT molecular complexity index is 265. The third kappa shape index (κ3) is 6.60. The largest absolute Gasteiger partial charge is 0.343 e. The number of carbonyl (C=O) groups is 1. The summed E-state index contributed by atoms with van der Waals surface area (Å²) in [6.07, 6.45) is 6.15. The SMILES string of the molecule is CCC[Si](C)(C)C(C)CCCC(CC)N(C)C(C)=O. The Kier molecular flexibility index (Phi) is 8.63. The van der Waals surface area contributed by atoms with Crippen molar-refractivity contribution in [3.63, 3.8) is 0 Å². The van der Waals surface area contributed by atoms with Crippen molar-refractivity contribution in [2.75, 3.05) is 7.05 Å². The van der Waals surface area contributed by atoms with Crippen LogP contribution in [0.4, 0.5) is 0 Å². The zero-order valence-corrected chi connectivity index (χ0v) is 15.3.